The van der Waals surface area contributed by atoms with Crippen LogP contribution >= 0.6 is 22.6 Å². The number of hydrogen-bond donors (Lipinski definition) is 1. The lowest BCUT2D eigenvalue weighted by molar-refractivity contribution is -0.0314. The van der Waals surface area contributed by atoms with Gasteiger partial charge in [-0.15, -0.1) is 0 Å². The Labute approximate surface area is 313 Å². The van der Waals surface area contributed by atoms with Gasteiger partial charge in [0.05, 0.1) is 31.3 Å². The zero-order chi connectivity index (χ0) is 35.6. The van der Waals surface area contributed by atoms with Crippen molar-refractivity contribution in [3.05, 3.63) is 120 Å². The van der Waals surface area contributed by atoms with Crippen molar-refractivity contribution in [2.24, 2.45) is 0 Å². The zero-order valence-corrected chi connectivity index (χ0v) is 31.2. The Hall–Kier alpha value is -4.33. The molecule has 4 aromatic carbocycles. The molecule has 2 aliphatic heterocycles. The molecule has 0 aliphatic carbocycles. The number of ether oxygens (including phenoxy) is 4. The van der Waals surface area contributed by atoms with E-state index in [0.29, 0.717) is 36.4 Å². The summed E-state index contributed by atoms with van der Waals surface area (Å²) in [6, 6.07) is 34.2. The van der Waals surface area contributed by atoms with Crippen molar-refractivity contribution in [2.45, 2.75) is 35.1 Å². The molecule has 0 aromatic heterocycles. The maximum absolute atomic E-state index is 13.8. The van der Waals surface area contributed by atoms with Crippen LogP contribution in [-0.4, -0.2) is 97.6 Å². The van der Waals surface area contributed by atoms with Crippen LogP contribution in [0.5, 0.6) is 17.2 Å². The summed E-state index contributed by atoms with van der Waals surface area (Å²) in [5.74, 6) is 1.75. The van der Waals surface area contributed by atoms with Crippen molar-refractivity contribution in [1.82, 2.24) is 15.1 Å². The van der Waals surface area contributed by atoms with Crippen LogP contribution in [0.15, 0.2) is 109 Å². The normalized spacial score (nSPS) is 19.1. The maximum Gasteiger partial charge on any atom is 0.338 e. The van der Waals surface area contributed by atoms with Gasteiger partial charge in [0.15, 0.2) is 0 Å². The molecule has 51 heavy (non-hydrogen) atoms. The van der Waals surface area contributed by atoms with Crippen LogP contribution in [0.2, 0.25) is 0 Å². The van der Waals surface area contributed by atoms with Gasteiger partial charge in [-0.1, -0.05) is 48.5 Å². The first-order valence-electron chi connectivity index (χ1n) is 17.3. The standard InChI is InChI=1S/C40H45IN4O6/c1-48-32-19-15-31(16-20-32)43-23-25-44(26-24-43)36-21-22-45(40(47)42-35(38(41)49-2)27-29-9-5-3-6-10-29)28-37(36)51-39(46)30-13-17-34(18-14-30)50-33-11-7-4-8-12-33/h3-20,35-38H,21-28H2,1-2H3,(H,42,47)/t35?,36-,37-,38?/m1/s1. The smallest absolute Gasteiger partial charge is 0.338 e. The summed E-state index contributed by atoms with van der Waals surface area (Å²) < 4.78 is 23.0. The van der Waals surface area contributed by atoms with Gasteiger partial charge < -0.3 is 34.1 Å². The molecule has 2 aliphatic rings. The summed E-state index contributed by atoms with van der Waals surface area (Å²) in [5, 5.41) is 3.21. The van der Waals surface area contributed by atoms with E-state index in [1.807, 2.05) is 72.8 Å². The SMILES string of the molecule is COc1ccc(N2CCN([C@@H]3CCN(C(=O)NC(Cc4ccccc4)C(I)OC)C[C@H]3OC(=O)c3ccc(Oc4ccccc4)cc3)CC2)cc1. The fourth-order valence-corrected chi connectivity index (χ4v) is 7.14. The summed E-state index contributed by atoms with van der Waals surface area (Å²) in [5.41, 5.74) is 2.69. The predicted octanol–water partition coefficient (Wildman–Crippen LogP) is 6.64. The molecule has 0 bridgehead atoms. The number of benzene rings is 4. The molecule has 2 amide bonds. The van der Waals surface area contributed by atoms with Crippen LogP contribution in [0.1, 0.15) is 22.3 Å². The number of methoxy groups -OCH3 is 2. The average molecular weight is 805 g/mol. The largest absolute Gasteiger partial charge is 0.497 e. The van der Waals surface area contributed by atoms with Gasteiger partial charge in [0.1, 0.15) is 27.5 Å². The number of piperazine rings is 1. The number of likely N-dealkylation sites (tertiary alicyclic amines) is 1. The predicted molar refractivity (Wildman–Crippen MR) is 206 cm³/mol. The van der Waals surface area contributed by atoms with E-state index in [2.05, 4.69) is 49.8 Å². The maximum atomic E-state index is 13.8. The second kappa shape index (κ2) is 17.7. The fraction of sp³-hybridized carbons (Fsp3) is 0.350. The molecule has 2 fully saturated rings. The summed E-state index contributed by atoms with van der Waals surface area (Å²) in [6.45, 7) is 4.13. The Balaban J connectivity index is 1.14. The number of piperidine rings is 1. The Bertz CT molecular complexity index is 1690. The van der Waals surface area contributed by atoms with Gasteiger partial charge in [0.25, 0.3) is 0 Å². The molecule has 6 rings (SSSR count). The van der Waals surface area contributed by atoms with Crippen molar-refractivity contribution < 1.29 is 28.5 Å². The van der Waals surface area contributed by atoms with Crippen molar-refractivity contribution in [3.8, 4) is 17.2 Å². The highest BCUT2D eigenvalue weighted by Crippen LogP contribution is 2.27. The second-order valence-corrected chi connectivity index (χ2v) is 14.0. The van der Waals surface area contributed by atoms with Crippen molar-refractivity contribution in [2.75, 3.05) is 58.4 Å². The minimum Gasteiger partial charge on any atom is -0.497 e. The molecule has 268 valence electrons. The molecule has 4 atom stereocenters. The lowest BCUT2D eigenvalue weighted by Crippen LogP contribution is -2.62. The van der Waals surface area contributed by atoms with Crippen LogP contribution in [0.3, 0.4) is 0 Å². The second-order valence-electron chi connectivity index (χ2n) is 12.7. The van der Waals surface area contributed by atoms with Gasteiger partial charge in [-0.05, 0) is 102 Å². The zero-order valence-electron chi connectivity index (χ0n) is 29.0. The topological polar surface area (TPSA) is 92.8 Å². The minimum atomic E-state index is -0.518. The molecule has 0 saturated carbocycles. The van der Waals surface area contributed by atoms with E-state index in [0.717, 1.165) is 43.2 Å². The van der Waals surface area contributed by atoms with E-state index in [4.69, 9.17) is 18.9 Å². The molecule has 0 radical (unpaired) electrons. The van der Waals surface area contributed by atoms with E-state index >= 15 is 0 Å². The highest BCUT2D eigenvalue weighted by atomic mass is 127. The monoisotopic (exact) mass is 804 g/mol. The summed E-state index contributed by atoms with van der Waals surface area (Å²) in [7, 11) is 3.32. The number of hydrogen-bond acceptors (Lipinski definition) is 8. The number of nitrogens with zero attached hydrogens (tertiary/aromatic N) is 3. The Morgan fingerprint density at radius 3 is 2.06 bits per heavy atom. The number of para-hydroxylation sites is 1. The number of rotatable bonds is 12. The Kier molecular flexibility index (Phi) is 12.7. The van der Waals surface area contributed by atoms with Gasteiger partial charge in [0, 0.05) is 45.5 Å². The molecule has 2 unspecified atom stereocenters. The van der Waals surface area contributed by atoms with Gasteiger partial charge in [-0.3, -0.25) is 4.90 Å². The van der Waals surface area contributed by atoms with E-state index < -0.39 is 12.1 Å². The third-order valence-corrected chi connectivity index (χ3v) is 10.9. The first-order valence-corrected chi connectivity index (χ1v) is 18.6. The lowest BCUT2D eigenvalue weighted by Gasteiger charge is -2.46. The first-order chi connectivity index (χ1) is 24.9. The molecular weight excluding hydrogens is 759 g/mol. The highest BCUT2D eigenvalue weighted by Gasteiger charge is 2.39. The Morgan fingerprint density at radius 2 is 1.41 bits per heavy atom. The van der Waals surface area contributed by atoms with Crippen LogP contribution in [-0.2, 0) is 15.9 Å². The van der Waals surface area contributed by atoms with Gasteiger partial charge in [-0.2, -0.15) is 0 Å². The number of alkyl halides is 1. The summed E-state index contributed by atoms with van der Waals surface area (Å²) in [6.07, 6.45) is 0.792. The molecular formula is C40H45IN4O6. The number of nitrogens with one attached hydrogen (secondary N) is 1. The fourth-order valence-electron chi connectivity index (χ4n) is 6.71. The molecule has 0 spiro atoms. The number of carbonyl (C=O) groups excluding carboxylic acids is 2. The number of halogens is 1. The number of esters is 1. The minimum absolute atomic E-state index is 0.0341. The highest BCUT2D eigenvalue weighted by molar-refractivity contribution is 14.1. The summed E-state index contributed by atoms with van der Waals surface area (Å²) in [4.78, 5) is 34.0. The third-order valence-electron chi connectivity index (χ3n) is 9.51. The van der Waals surface area contributed by atoms with Gasteiger partial charge >= 0.3 is 12.0 Å². The van der Waals surface area contributed by atoms with Crippen LogP contribution < -0.4 is 19.7 Å². The lowest BCUT2D eigenvalue weighted by atomic mass is 9.98. The number of amides is 2. The van der Waals surface area contributed by atoms with Gasteiger partial charge in [0.2, 0.25) is 0 Å². The quantitative estimate of drug-likeness (QED) is 0.0970. The number of anilines is 1. The van der Waals surface area contributed by atoms with Crippen LogP contribution in [0, 0.1) is 0 Å². The molecule has 2 heterocycles. The van der Waals surface area contributed by atoms with E-state index in [9.17, 15) is 9.59 Å². The number of carbonyl (C=O) groups is 2. The van der Waals surface area contributed by atoms with Crippen LogP contribution in [0.25, 0.3) is 0 Å². The van der Waals surface area contributed by atoms with Crippen molar-refractivity contribution in [3.63, 3.8) is 0 Å². The number of urea groups is 1. The van der Waals surface area contributed by atoms with Crippen LogP contribution in [0.4, 0.5) is 10.5 Å². The van der Waals surface area contributed by atoms with Gasteiger partial charge in [-0.25, -0.2) is 9.59 Å². The summed E-state index contributed by atoms with van der Waals surface area (Å²) >= 11 is 2.22. The molecule has 10 nitrogen and oxygen atoms in total. The van der Waals surface area contributed by atoms with E-state index in [1.54, 1.807) is 43.4 Å². The first kappa shape index (κ1) is 36.5. The molecule has 4 aromatic rings. The van der Waals surface area contributed by atoms with E-state index in [1.165, 1.54) is 0 Å². The average Bonchev–Trinajstić information content (AvgIpc) is 3.18. The van der Waals surface area contributed by atoms with Crippen molar-refractivity contribution in [1.29, 1.82) is 0 Å². The van der Waals surface area contributed by atoms with E-state index in [-0.39, 0.29) is 28.8 Å². The molecule has 1 N–H and O–H groups in total. The Morgan fingerprint density at radius 1 is 0.784 bits per heavy atom. The molecule has 11 heteroatoms. The van der Waals surface area contributed by atoms with Crippen molar-refractivity contribution >= 4 is 40.3 Å². The molecule has 2 saturated heterocycles. The third kappa shape index (κ3) is 9.72.